The van der Waals surface area contributed by atoms with Crippen LogP contribution >= 0.6 is 0 Å². The monoisotopic (exact) mass is 1660 g/mol. The number of fused-ring (bicyclic) bond motifs is 6. The van der Waals surface area contributed by atoms with Crippen LogP contribution in [0.1, 0.15) is 110 Å². The molecule has 9 aliphatic rings. The number of pyridine rings is 9. The molecule has 124 heavy (non-hydrogen) atoms. The molecule has 0 spiro atoms. The van der Waals surface area contributed by atoms with Crippen LogP contribution in [0.4, 0.5) is 26.2 Å². The van der Waals surface area contributed by atoms with Gasteiger partial charge in [0.2, 0.25) is 5.88 Å². The number of methoxy groups -OCH3 is 1. The summed E-state index contributed by atoms with van der Waals surface area (Å²) >= 11 is 0. The fourth-order valence-corrected chi connectivity index (χ4v) is 18.0. The van der Waals surface area contributed by atoms with E-state index in [0.29, 0.717) is 78.9 Å². The van der Waals surface area contributed by atoms with E-state index in [4.69, 9.17) is 39.6 Å². The Morgan fingerprint density at radius 3 is 1.19 bits per heavy atom. The number of halogens is 2. The van der Waals surface area contributed by atoms with Crippen LogP contribution in [0.25, 0.3) is 62.4 Å². The zero-order valence-electron chi connectivity index (χ0n) is 70.4. The van der Waals surface area contributed by atoms with Crippen molar-refractivity contribution >= 4 is 17.5 Å². The first-order valence-corrected chi connectivity index (χ1v) is 42.1. The van der Waals surface area contributed by atoms with Crippen LogP contribution in [0, 0.1) is 60.1 Å². The molecule has 3 N–H and O–H groups in total. The van der Waals surface area contributed by atoms with E-state index >= 15 is 0 Å². The minimum absolute atomic E-state index is 0.350. The molecular weight excluding hydrogens is 1560 g/mol. The molecule has 0 aliphatic carbocycles. The predicted octanol–water partition coefficient (Wildman–Crippen LogP) is 13.5. The average Bonchev–Trinajstić information content (AvgIpc) is 0.794. The van der Waals surface area contributed by atoms with Gasteiger partial charge in [0.15, 0.2) is 23.3 Å². The fourth-order valence-electron chi connectivity index (χ4n) is 18.0. The third kappa shape index (κ3) is 18.0. The van der Waals surface area contributed by atoms with E-state index in [1.165, 1.54) is 59.7 Å². The second kappa shape index (κ2) is 34.7. The Labute approximate surface area is 716 Å². The minimum atomic E-state index is -0.370. The van der Waals surface area contributed by atoms with Gasteiger partial charge in [-0.2, -0.15) is 20.4 Å². The van der Waals surface area contributed by atoms with Crippen LogP contribution in [0.15, 0.2) is 195 Å². The van der Waals surface area contributed by atoms with Crippen molar-refractivity contribution in [3.05, 3.63) is 298 Å². The summed E-state index contributed by atoms with van der Waals surface area (Å²) in [7, 11) is 1.62. The molecule has 9 fully saturated rings. The molecule has 0 radical (unpaired) electrons. The van der Waals surface area contributed by atoms with E-state index in [0.717, 1.165) is 201 Å². The standard InChI is InChI=1S/C32H32FN9.C32H33N9O.C30H30FN9/c1-19-8-25(11-26-9-20(2)39-40-26)38-32(37-19)23-5-7-31(36-14-23)41-17-27-12-28(18-41)42(27)16-22-4-6-30(35-13-22)29-10-24(33)15-34-21(29)3;1-20-10-25(12-26-11-21(2)38-39-26)37-32(36-20)24-5-8-30(34-16-24)40-18-27-13-28(19-40)41(27)17-22-4-7-29(33-14-22)23-6-9-31(42-3)35-15-23;1-19-7-24(10-25-9-20(2)36-37-25)35-28(8-19)22-4-6-29(33-13-22)38-17-26-11-27(18-38)39(26)15-21-3-5-30(32-12-21)40-16-23(31)14-34-40/h4-10,13-15,27-28H,11-12,16-18H2,1-3H3,(H,39,40);4-11,14-16,27-28H,12-13,17-19H2,1-3H3,(H,38,39);3-9,12-14,16,26-27H,10-11,15,17-18H2,1-2H3,(H,36,37). The van der Waals surface area contributed by atoms with Gasteiger partial charge in [0.1, 0.15) is 23.3 Å². The molecule has 0 amide bonds. The van der Waals surface area contributed by atoms with Crippen molar-refractivity contribution in [2.75, 3.05) is 61.1 Å². The number of H-pyrrole nitrogens is 3. The van der Waals surface area contributed by atoms with E-state index in [1.54, 1.807) is 13.3 Å². The number of rotatable bonds is 22. The van der Waals surface area contributed by atoms with Gasteiger partial charge in [0, 0.05) is 232 Å². The summed E-state index contributed by atoms with van der Waals surface area (Å²) < 4.78 is 33.6. The molecule has 6 atom stereocenters. The smallest absolute Gasteiger partial charge is 0.212 e. The quantitative estimate of drug-likeness (QED) is 0.0568. The summed E-state index contributed by atoms with van der Waals surface area (Å²) in [5.41, 5.74) is 23.5. The molecule has 6 unspecified atom stereocenters. The molecule has 0 saturated carbocycles. The van der Waals surface area contributed by atoms with E-state index in [2.05, 4.69) is 181 Å². The zero-order chi connectivity index (χ0) is 84.6. The lowest BCUT2D eigenvalue weighted by Gasteiger charge is -2.56. The predicted molar refractivity (Wildman–Crippen MR) is 468 cm³/mol. The lowest BCUT2D eigenvalue weighted by molar-refractivity contribution is -0.00877. The van der Waals surface area contributed by atoms with Crippen LogP contribution < -0.4 is 19.4 Å². The summed E-state index contributed by atoms with van der Waals surface area (Å²) in [5, 5.41) is 26.0. The molecule has 6 bridgehead atoms. The Balaban J connectivity index is 0.000000122. The van der Waals surface area contributed by atoms with Gasteiger partial charge in [-0.3, -0.25) is 49.9 Å². The number of aromatic amines is 3. The highest BCUT2D eigenvalue weighted by atomic mass is 19.1. The fraction of sp³-hybridized carbons (Fsp3) is 0.309. The minimum Gasteiger partial charge on any atom is -0.481 e. The van der Waals surface area contributed by atoms with Crippen LogP contribution in [-0.4, -0.2) is 202 Å². The van der Waals surface area contributed by atoms with Crippen molar-refractivity contribution in [1.29, 1.82) is 0 Å². The number of nitrogens with zero attached hydrogens (tertiary/aromatic N) is 24. The number of nitrogens with one attached hydrogen (secondary N) is 3. The van der Waals surface area contributed by atoms with Gasteiger partial charge in [-0.15, -0.1) is 0 Å². The molecule has 24 heterocycles. The molecule has 24 rings (SSSR count). The van der Waals surface area contributed by atoms with Crippen LogP contribution in [0.2, 0.25) is 0 Å². The second-order valence-corrected chi connectivity index (χ2v) is 33.5. The second-order valence-electron chi connectivity index (χ2n) is 33.5. The third-order valence-electron chi connectivity index (χ3n) is 24.2. The summed E-state index contributed by atoms with van der Waals surface area (Å²) in [5.74, 6) is 4.88. The summed E-state index contributed by atoms with van der Waals surface area (Å²) in [6.45, 7) is 22.3. The van der Waals surface area contributed by atoms with Crippen molar-refractivity contribution < 1.29 is 13.5 Å². The molecule has 9 aliphatic heterocycles. The highest BCUT2D eigenvalue weighted by Crippen LogP contribution is 2.40. The van der Waals surface area contributed by atoms with E-state index in [-0.39, 0.29) is 11.6 Å². The number of ether oxygens (including phenoxy) is 1. The first-order valence-electron chi connectivity index (χ1n) is 42.1. The summed E-state index contributed by atoms with van der Waals surface area (Å²) in [4.78, 5) is 75.4. The van der Waals surface area contributed by atoms with Gasteiger partial charge in [-0.05, 0) is 199 Å². The van der Waals surface area contributed by atoms with Crippen molar-refractivity contribution in [2.24, 2.45) is 0 Å². The van der Waals surface area contributed by atoms with Gasteiger partial charge in [0.25, 0.3) is 0 Å². The number of piperazine rings is 3. The van der Waals surface area contributed by atoms with Crippen molar-refractivity contribution in [1.82, 2.24) is 120 Å². The van der Waals surface area contributed by atoms with Crippen molar-refractivity contribution in [3.63, 3.8) is 0 Å². The van der Waals surface area contributed by atoms with Crippen LogP contribution in [0.5, 0.6) is 5.88 Å². The normalized spacial score (nSPS) is 18.3. The average molecular weight is 1660 g/mol. The Kier molecular flexibility index (Phi) is 22.4. The van der Waals surface area contributed by atoms with Crippen molar-refractivity contribution in [3.8, 4) is 68.2 Å². The first kappa shape index (κ1) is 80.0. The van der Waals surface area contributed by atoms with Gasteiger partial charge >= 0.3 is 0 Å². The molecule has 28 nitrogen and oxygen atoms in total. The Hall–Kier alpha value is -13.7. The topological polar surface area (TPSA) is 300 Å². The van der Waals surface area contributed by atoms with Gasteiger partial charge in [-0.25, -0.2) is 58.3 Å². The number of anilines is 3. The molecule has 9 saturated heterocycles. The Morgan fingerprint density at radius 1 is 0.363 bits per heavy atom. The number of piperidine rings is 3. The van der Waals surface area contributed by atoms with Crippen molar-refractivity contribution in [2.45, 2.75) is 143 Å². The van der Waals surface area contributed by atoms with Crippen LogP contribution in [-0.2, 0) is 38.9 Å². The number of aryl methyl sites for hydroxylation is 7. The SMILES string of the molecule is COc1ccc(-c2ccc(CN3C4CC3CN(c3ccc(-c5nc(C)cc(Cc6cc(C)[nH]n6)n5)cn3)C4)cn2)cn1.Cc1cc(Cc2cc(C)[nH]n2)nc(-c2ccc(N3CC4CC(C3)N4Cc3ccc(-c4cc(F)cnc4C)nc3)nc2)n1.Cc1cc(Cc2cc(C)[nH]n2)nc(-c2ccc(N3CC4CC(C3)N4Cc3ccc(-n4cc(F)cn4)nc3)nc2)c1. The first-order chi connectivity index (χ1) is 60.3. The third-order valence-corrected chi connectivity index (χ3v) is 24.2. The number of hydrogen-bond donors (Lipinski definition) is 3. The highest BCUT2D eigenvalue weighted by molar-refractivity contribution is 5.64. The molecule has 626 valence electrons. The van der Waals surface area contributed by atoms with Gasteiger partial charge in [0.05, 0.1) is 71.3 Å². The van der Waals surface area contributed by atoms with E-state index in [1.807, 2.05) is 127 Å². The molecule has 15 aromatic rings. The van der Waals surface area contributed by atoms with Gasteiger partial charge in [-0.1, -0.05) is 18.2 Å². The Bertz CT molecular complexity index is 6230. The number of hydrogen-bond acceptors (Lipinski definition) is 24. The lowest BCUT2D eigenvalue weighted by Crippen LogP contribution is -2.68. The summed E-state index contributed by atoms with van der Waals surface area (Å²) in [6, 6.07) is 47.5. The Morgan fingerprint density at radius 2 is 0.790 bits per heavy atom. The lowest BCUT2D eigenvalue weighted by atomic mass is 9.87. The highest BCUT2D eigenvalue weighted by Gasteiger charge is 2.47. The zero-order valence-corrected chi connectivity index (χ0v) is 70.4. The number of aromatic nitrogens is 21. The van der Waals surface area contributed by atoms with Gasteiger partial charge < -0.3 is 19.4 Å². The molecular formula is C94H95F2N27O. The largest absolute Gasteiger partial charge is 0.481 e. The van der Waals surface area contributed by atoms with E-state index in [9.17, 15) is 8.78 Å². The van der Waals surface area contributed by atoms with Crippen LogP contribution in [0.3, 0.4) is 0 Å². The molecule has 30 heteroatoms. The molecule has 0 aromatic carbocycles. The maximum absolute atomic E-state index is 13.7. The van der Waals surface area contributed by atoms with E-state index < -0.39 is 0 Å². The molecule has 15 aromatic heterocycles. The summed E-state index contributed by atoms with van der Waals surface area (Å²) in [6.07, 6.45) is 22.7. The maximum Gasteiger partial charge on any atom is 0.212 e. The maximum atomic E-state index is 13.7.